The molecule has 9 nitrogen and oxygen atoms in total. The molecule has 0 atom stereocenters. The minimum absolute atomic E-state index is 0.151. The van der Waals surface area contributed by atoms with E-state index in [4.69, 9.17) is 10.5 Å². The zero-order valence-electron chi connectivity index (χ0n) is 22.8. The maximum atomic E-state index is 13.4. The lowest BCUT2D eigenvalue weighted by atomic mass is 10.0. The third-order valence-corrected chi connectivity index (χ3v) is 9.39. The molecule has 4 rings (SSSR count). The summed E-state index contributed by atoms with van der Waals surface area (Å²) in [5.74, 6) is -1.34. The number of carbonyl (C=O) groups excluding carboxylic acids is 2. The van der Waals surface area contributed by atoms with Gasteiger partial charge in [-0.2, -0.15) is 28.0 Å². The van der Waals surface area contributed by atoms with Crippen LogP contribution in [0.3, 0.4) is 0 Å². The summed E-state index contributed by atoms with van der Waals surface area (Å²) >= 11 is 0. The maximum Gasteiger partial charge on any atom is 0.417 e. The molecule has 2 aromatic rings. The first-order valence-electron chi connectivity index (χ1n) is 13.3. The quantitative estimate of drug-likeness (QED) is 0.312. The molecule has 13 heteroatoms. The highest BCUT2D eigenvalue weighted by Gasteiger charge is 2.39. The van der Waals surface area contributed by atoms with E-state index in [-0.39, 0.29) is 21.7 Å². The molecular weight excluding hydrogens is 571 g/mol. The van der Waals surface area contributed by atoms with Gasteiger partial charge in [-0.1, -0.05) is 6.42 Å². The smallest absolute Gasteiger partial charge is 0.301 e. The number of nitrogens with zero attached hydrogens (tertiary/aromatic N) is 5. The van der Waals surface area contributed by atoms with E-state index in [1.165, 1.54) is 41.6 Å². The van der Waals surface area contributed by atoms with Crippen LogP contribution in [-0.2, 0) is 25.8 Å². The van der Waals surface area contributed by atoms with Crippen molar-refractivity contribution in [2.75, 3.05) is 37.6 Å². The molecule has 0 bridgehead atoms. The molecule has 2 aromatic carbocycles. The maximum absolute atomic E-state index is 13.4. The largest absolute Gasteiger partial charge is 0.417 e. The van der Waals surface area contributed by atoms with Gasteiger partial charge in [0.05, 0.1) is 39.4 Å². The Kier molecular flexibility index (Phi) is 9.16. The van der Waals surface area contributed by atoms with Gasteiger partial charge < -0.3 is 4.90 Å². The highest BCUT2D eigenvalue weighted by atomic mass is 32.2. The SMILES string of the molecule is CC1=C(CCCCCN2CCN(S(=O)(=O)c3ccc(C#N)cc3)CC2)C(=O)N(c2ccc(C#N)c(C(F)(F)F)c2)C1=O. The summed E-state index contributed by atoms with van der Waals surface area (Å²) < 4.78 is 67.4. The number of alkyl halides is 3. The summed E-state index contributed by atoms with van der Waals surface area (Å²) in [6.45, 7) is 4.01. The number of imide groups is 1. The van der Waals surface area contributed by atoms with E-state index in [1.807, 2.05) is 6.07 Å². The number of sulfonamides is 1. The Bertz CT molecular complexity index is 1600. The van der Waals surface area contributed by atoms with Gasteiger partial charge in [-0.3, -0.25) is 9.59 Å². The van der Waals surface area contributed by atoms with Gasteiger partial charge in [-0.15, -0.1) is 0 Å². The van der Waals surface area contributed by atoms with Crippen molar-refractivity contribution in [3.8, 4) is 12.1 Å². The van der Waals surface area contributed by atoms with E-state index in [1.54, 1.807) is 0 Å². The number of anilines is 1. The van der Waals surface area contributed by atoms with E-state index >= 15 is 0 Å². The van der Waals surface area contributed by atoms with Gasteiger partial charge in [-0.05, 0) is 75.2 Å². The van der Waals surface area contributed by atoms with Crippen molar-refractivity contribution >= 4 is 27.5 Å². The Morgan fingerprint density at radius 2 is 1.55 bits per heavy atom. The minimum atomic E-state index is -4.82. The Balaban J connectivity index is 1.26. The molecule has 2 amide bonds. The zero-order valence-corrected chi connectivity index (χ0v) is 23.6. The second kappa shape index (κ2) is 12.4. The van der Waals surface area contributed by atoms with Crippen LogP contribution in [0.5, 0.6) is 0 Å². The normalized spacial score (nSPS) is 17.0. The van der Waals surface area contributed by atoms with E-state index in [2.05, 4.69) is 4.90 Å². The Morgan fingerprint density at radius 3 is 2.14 bits per heavy atom. The summed E-state index contributed by atoms with van der Waals surface area (Å²) in [4.78, 5) is 28.8. The van der Waals surface area contributed by atoms with E-state index < -0.39 is 39.1 Å². The molecule has 220 valence electrons. The number of hydrogen-bond acceptors (Lipinski definition) is 7. The van der Waals surface area contributed by atoms with Crippen molar-refractivity contribution < 1.29 is 31.2 Å². The minimum Gasteiger partial charge on any atom is -0.301 e. The molecule has 0 aromatic heterocycles. The van der Waals surface area contributed by atoms with Gasteiger partial charge in [0.25, 0.3) is 11.8 Å². The second-order valence-electron chi connectivity index (χ2n) is 10.1. The average molecular weight is 600 g/mol. The van der Waals surface area contributed by atoms with Crippen LogP contribution in [0.4, 0.5) is 18.9 Å². The monoisotopic (exact) mass is 599 g/mol. The second-order valence-corrected chi connectivity index (χ2v) is 12.0. The Labute approximate surface area is 242 Å². The van der Waals surface area contributed by atoms with Crippen LogP contribution >= 0.6 is 0 Å². The summed E-state index contributed by atoms with van der Waals surface area (Å²) in [5, 5.41) is 17.9. The van der Waals surface area contributed by atoms with Gasteiger partial charge in [0.15, 0.2) is 0 Å². The van der Waals surface area contributed by atoms with Crippen molar-refractivity contribution in [3.63, 3.8) is 0 Å². The van der Waals surface area contributed by atoms with Crippen molar-refractivity contribution in [2.45, 2.75) is 43.7 Å². The van der Waals surface area contributed by atoms with E-state index in [0.29, 0.717) is 50.7 Å². The van der Waals surface area contributed by atoms with Gasteiger partial charge in [0.1, 0.15) is 0 Å². The van der Waals surface area contributed by atoms with Gasteiger partial charge >= 0.3 is 6.18 Å². The number of hydrogen-bond donors (Lipinski definition) is 0. The summed E-state index contributed by atoms with van der Waals surface area (Å²) in [6.07, 6.45) is -2.41. The molecule has 2 aliphatic heterocycles. The molecule has 0 unspecified atom stereocenters. The molecule has 42 heavy (non-hydrogen) atoms. The topological polar surface area (TPSA) is 126 Å². The fraction of sp³-hybridized carbons (Fsp3) is 0.379. The first-order valence-corrected chi connectivity index (χ1v) is 14.7. The standard InChI is InChI=1S/C29H28F3N5O4S/c1-20-25(28(39)37(27(20)38)23-9-8-22(19-34)26(17-23)29(30,31)32)5-3-2-4-12-35-13-15-36(16-14-35)42(40,41)24-10-6-21(18-33)7-11-24/h6-11,17H,2-5,12-16H2,1H3. The van der Waals surface area contributed by atoms with Gasteiger partial charge in [-0.25, -0.2) is 13.3 Å². The number of benzene rings is 2. The van der Waals surface area contributed by atoms with Crippen LogP contribution < -0.4 is 4.90 Å². The Morgan fingerprint density at radius 1 is 0.881 bits per heavy atom. The molecule has 0 radical (unpaired) electrons. The van der Waals surface area contributed by atoms with Crippen LogP contribution in [0.25, 0.3) is 0 Å². The molecule has 2 aliphatic rings. The number of nitriles is 2. The molecule has 1 saturated heterocycles. The lowest BCUT2D eigenvalue weighted by Gasteiger charge is -2.34. The molecule has 0 N–H and O–H groups in total. The summed E-state index contributed by atoms with van der Waals surface area (Å²) in [6, 6.07) is 12.0. The zero-order chi connectivity index (χ0) is 30.7. The number of amides is 2. The van der Waals surface area contributed by atoms with Crippen LogP contribution in [0.2, 0.25) is 0 Å². The third kappa shape index (κ3) is 6.39. The van der Waals surface area contributed by atoms with Crippen LogP contribution in [0.1, 0.15) is 49.3 Å². The summed E-state index contributed by atoms with van der Waals surface area (Å²) in [7, 11) is -3.64. The predicted molar refractivity (Wildman–Crippen MR) is 146 cm³/mol. The molecule has 0 saturated carbocycles. The lowest BCUT2D eigenvalue weighted by molar-refractivity contribution is -0.138. The molecular formula is C29H28F3N5O4S. The van der Waals surface area contributed by atoms with Gasteiger partial charge in [0, 0.05) is 37.3 Å². The molecule has 2 heterocycles. The van der Waals surface area contributed by atoms with Gasteiger partial charge in [0.2, 0.25) is 10.0 Å². The highest BCUT2D eigenvalue weighted by Crippen LogP contribution is 2.37. The van der Waals surface area contributed by atoms with Crippen molar-refractivity contribution in [1.29, 1.82) is 10.5 Å². The van der Waals surface area contributed by atoms with E-state index in [9.17, 15) is 31.2 Å². The first-order chi connectivity index (χ1) is 19.9. The van der Waals surface area contributed by atoms with Crippen LogP contribution in [0, 0.1) is 22.7 Å². The molecule has 0 spiro atoms. The number of unbranched alkanes of at least 4 members (excludes halogenated alkanes) is 2. The third-order valence-electron chi connectivity index (χ3n) is 7.48. The Hall–Kier alpha value is -4.04. The van der Waals surface area contributed by atoms with Crippen molar-refractivity contribution in [3.05, 3.63) is 70.3 Å². The lowest BCUT2D eigenvalue weighted by Crippen LogP contribution is -2.48. The first kappa shape index (κ1) is 30.9. The highest BCUT2D eigenvalue weighted by molar-refractivity contribution is 7.89. The predicted octanol–water partition coefficient (Wildman–Crippen LogP) is 4.21. The molecule has 0 aliphatic carbocycles. The summed E-state index contributed by atoms with van der Waals surface area (Å²) in [5.41, 5.74) is -1.19. The van der Waals surface area contributed by atoms with Crippen molar-refractivity contribution in [2.24, 2.45) is 0 Å². The fourth-order valence-electron chi connectivity index (χ4n) is 5.07. The van der Waals surface area contributed by atoms with E-state index in [0.717, 1.165) is 36.4 Å². The van der Waals surface area contributed by atoms with Crippen LogP contribution in [-0.4, -0.2) is 62.2 Å². The number of carbonyl (C=O) groups is 2. The van der Waals surface area contributed by atoms with Crippen molar-refractivity contribution in [1.82, 2.24) is 9.21 Å². The average Bonchev–Trinajstić information content (AvgIpc) is 3.19. The number of piperazine rings is 1. The number of rotatable bonds is 9. The van der Waals surface area contributed by atoms with Crippen LogP contribution in [0.15, 0.2) is 58.5 Å². The molecule has 1 fully saturated rings. The fourth-order valence-corrected chi connectivity index (χ4v) is 6.50. The number of halogens is 3.